The fraction of sp³-hybridized carbons (Fsp3) is 0.238. The van der Waals surface area contributed by atoms with Crippen molar-refractivity contribution in [3.8, 4) is 5.75 Å². The number of rotatable bonds is 6. The van der Waals surface area contributed by atoms with Gasteiger partial charge in [-0.25, -0.2) is 30.8 Å². The number of benzene rings is 1. The van der Waals surface area contributed by atoms with E-state index >= 15 is 0 Å². The molecule has 0 aliphatic rings. The lowest BCUT2D eigenvalue weighted by molar-refractivity contribution is 0.473. The van der Waals surface area contributed by atoms with E-state index in [9.17, 15) is 5.11 Å². The van der Waals surface area contributed by atoms with E-state index in [1.165, 1.54) is 12.4 Å². The topological polar surface area (TPSA) is 121 Å². The molecular weight excluding hydrogens is 380 g/mol. The molecule has 0 amide bonds. The number of phenols is 1. The molecule has 30 heavy (non-hydrogen) atoms. The molecule has 2 aromatic heterocycles. The third-order valence-corrected chi connectivity index (χ3v) is 4.01. The Morgan fingerprint density at radius 2 is 1.03 bits per heavy atom. The number of hydrogen-bond donors (Lipinski definition) is 3. The summed E-state index contributed by atoms with van der Waals surface area (Å²) in [5, 5.41) is 18.9. The van der Waals surface area contributed by atoms with Gasteiger partial charge in [-0.1, -0.05) is 0 Å². The van der Waals surface area contributed by atoms with Crippen LogP contribution >= 0.6 is 0 Å². The Morgan fingerprint density at radius 1 is 0.667 bits per heavy atom. The second kappa shape index (κ2) is 9.08. The van der Waals surface area contributed by atoms with Gasteiger partial charge in [-0.05, 0) is 64.4 Å². The zero-order valence-corrected chi connectivity index (χ0v) is 17.6. The lowest BCUT2D eigenvalue weighted by Crippen LogP contribution is -2.01. The molecule has 3 N–H and O–H groups in total. The molecule has 2 heterocycles. The van der Waals surface area contributed by atoms with Crippen LogP contribution in [0.2, 0.25) is 0 Å². The van der Waals surface area contributed by atoms with Gasteiger partial charge in [-0.15, -0.1) is 0 Å². The van der Waals surface area contributed by atoms with Crippen molar-refractivity contribution in [2.24, 2.45) is 10.2 Å². The van der Waals surface area contributed by atoms with E-state index < -0.39 is 0 Å². The summed E-state index contributed by atoms with van der Waals surface area (Å²) < 4.78 is 0. The van der Waals surface area contributed by atoms with Crippen LogP contribution < -0.4 is 10.9 Å². The van der Waals surface area contributed by atoms with Gasteiger partial charge in [0.05, 0.1) is 12.4 Å². The summed E-state index contributed by atoms with van der Waals surface area (Å²) in [5.41, 5.74) is 11.0. The molecule has 0 saturated heterocycles. The quantitative estimate of drug-likeness (QED) is 0.425. The van der Waals surface area contributed by atoms with Crippen LogP contribution in [-0.4, -0.2) is 37.5 Å². The first-order chi connectivity index (χ1) is 14.3. The van der Waals surface area contributed by atoms with Gasteiger partial charge in [0.15, 0.2) is 0 Å². The number of nitrogens with zero attached hydrogens (tertiary/aromatic N) is 6. The first-order valence-electron chi connectivity index (χ1n) is 9.36. The molecule has 0 atom stereocenters. The van der Waals surface area contributed by atoms with Crippen LogP contribution in [0.25, 0.3) is 0 Å². The molecule has 154 valence electrons. The minimum Gasteiger partial charge on any atom is -0.507 e. The van der Waals surface area contributed by atoms with E-state index in [2.05, 4.69) is 41.0 Å². The molecule has 0 unspecified atom stereocenters. The summed E-state index contributed by atoms with van der Waals surface area (Å²) in [4.78, 5) is 17.1. The van der Waals surface area contributed by atoms with Gasteiger partial charge in [-0.3, -0.25) is 0 Å². The number of phenolic OH excluding ortho intramolecular Hbond substituents is 1. The normalized spacial score (nSPS) is 11.4. The molecule has 9 nitrogen and oxygen atoms in total. The summed E-state index contributed by atoms with van der Waals surface area (Å²) in [7, 11) is 0. The summed E-state index contributed by atoms with van der Waals surface area (Å²) in [5.74, 6) is 0.852. The van der Waals surface area contributed by atoms with Crippen molar-refractivity contribution >= 4 is 24.3 Å². The third-order valence-electron chi connectivity index (χ3n) is 4.01. The molecule has 3 rings (SSSR count). The van der Waals surface area contributed by atoms with E-state index in [1.54, 1.807) is 0 Å². The maximum Gasteiger partial charge on any atom is 0.243 e. The molecule has 0 aliphatic carbocycles. The average molecular weight is 404 g/mol. The van der Waals surface area contributed by atoms with Crippen LogP contribution in [0.3, 0.4) is 0 Å². The molecule has 0 radical (unpaired) electrons. The molecular formula is C21H24N8O. The van der Waals surface area contributed by atoms with E-state index in [0.717, 1.165) is 28.3 Å². The van der Waals surface area contributed by atoms with E-state index in [0.29, 0.717) is 23.0 Å². The number of nitrogens with one attached hydrogen (secondary N) is 2. The number of hydrogen-bond acceptors (Lipinski definition) is 9. The van der Waals surface area contributed by atoms with Gasteiger partial charge in [0, 0.05) is 33.9 Å². The Balaban J connectivity index is 1.75. The molecule has 0 aliphatic heterocycles. The van der Waals surface area contributed by atoms with Gasteiger partial charge in [-0.2, -0.15) is 10.2 Å². The predicted octanol–water partition coefficient (Wildman–Crippen LogP) is 3.41. The highest BCUT2D eigenvalue weighted by molar-refractivity contribution is 5.92. The number of aromatic hydroxyl groups is 1. The fourth-order valence-electron chi connectivity index (χ4n) is 2.90. The number of aromatic nitrogens is 4. The van der Waals surface area contributed by atoms with Gasteiger partial charge in [0.25, 0.3) is 0 Å². The van der Waals surface area contributed by atoms with Crippen LogP contribution in [0, 0.1) is 34.6 Å². The summed E-state index contributed by atoms with van der Waals surface area (Å²) >= 11 is 0. The van der Waals surface area contributed by atoms with Gasteiger partial charge in [0.1, 0.15) is 5.75 Å². The van der Waals surface area contributed by atoms with Crippen molar-refractivity contribution in [2.75, 3.05) is 10.9 Å². The molecule has 3 aromatic rings. The van der Waals surface area contributed by atoms with Crippen molar-refractivity contribution in [2.45, 2.75) is 34.6 Å². The summed E-state index contributed by atoms with van der Waals surface area (Å²) in [6, 6.07) is 7.40. The van der Waals surface area contributed by atoms with Crippen LogP contribution in [-0.2, 0) is 0 Å². The van der Waals surface area contributed by atoms with Gasteiger partial charge >= 0.3 is 0 Å². The summed E-state index contributed by atoms with van der Waals surface area (Å²) in [6.45, 7) is 9.48. The monoisotopic (exact) mass is 404 g/mol. The lowest BCUT2D eigenvalue weighted by atomic mass is 10.1. The van der Waals surface area contributed by atoms with Crippen molar-refractivity contribution < 1.29 is 5.11 Å². The SMILES string of the molecule is Cc1cc(/C=N/Nc2nc(C)cc(C)n2)c(O)c(/C=N/Nc2nc(C)cc(C)n2)c1. The smallest absolute Gasteiger partial charge is 0.243 e. The highest BCUT2D eigenvalue weighted by Crippen LogP contribution is 2.22. The third kappa shape index (κ3) is 5.57. The maximum absolute atomic E-state index is 10.6. The largest absolute Gasteiger partial charge is 0.507 e. The minimum absolute atomic E-state index is 0.0550. The minimum atomic E-state index is 0.0550. The van der Waals surface area contributed by atoms with E-state index in [-0.39, 0.29) is 5.75 Å². The Labute approximate surface area is 175 Å². The molecule has 0 saturated carbocycles. The highest BCUT2D eigenvalue weighted by atomic mass is 16.3. The lowest BCUT2D eigenvalue weighted by Gasteiger charge is -2.06. The van der Waals surface area contributed by atoms with Crippen molar-refractivity contribution in [1.29, 1.82) is 0 Å². The van der Waals surface area contributed by atoms with Crippen molar-refractivity contribution in [1.82, 2.24) is 19.9 Å². The standard InChI is InChI=1S/C21H24N8O/c1-12-6-17(10-22-28-20-24-13(2)8-14(3)25-20)19(30)18(7-12)11-23-29-21-26-15(4)9-16(5)27-21/h6-11,30H,1-5H3,(H,24,25,28)(H,26,27,29)/b22-10+,23-11+. The summed E-state index contributed by atoms with van der Waals surface area (Å²) in [6.07, 6.45) is 3.03. The van der Waals surface area contributed by atoms with E-state index in [1.807, 2.05) is 58.9 Å². The van der Waals surface area contributed by atoms with Crippen molar-refractivity contribution in [3.05, 3.63) is 63.7 Å². The zero-order chi connectivity index (χ0) is 21.7. The van der Waals surface area contributed by atoms with Crippen LogP contribution in [0.15, 0.2) is 34.5 Å². The van der Waals surface area contributed by atoms with Gasteiger partial charge < -0.3 is 5.11 Å². The number of hydrazone groups is 2. The first-order valence-corrected chi connectivity index (χ1v) is 9.36. The number of anilines is 2. The maximum atomic E-state index is 10.6. The van der Waals surface area contributed by atoms with Gasteiger partial charge in [0.2, 0.25) is 11.9 Å². The average Bonchev–Trinajstić information content (AvgIpc) is 2.63. The Bertz CT molecular complexity index is 999. The predicted molar refractivity (Wildman–Crippen MR) is 118 cm³/mol. The fourth-order valence-corrected chi connectivity index (χ4v) is 2.90. The first kappa shape index (κ1) is 20.8. The Morgan fingerprint density at radius 3 is 1.40 bits per heavy atom. The van der Waals surface area contributed by atoms with Crippen LogP contribution in [0.4, 0.5) is 11.9 Å². The Hall–Kier alpha value is -3.88. The van der Waals surface area contributed by atoms with Crippen LogP contribution in [0.5, 0.6) is 5.75 Å². The van der Waals surface area contributed by atoms with Crippen LogP contribution in [0.1, 0.15) is 39.5 Å². The molecule has 1 aromatic carbocycles. The molecule has 9 heteroatoms. The molecule has 0 spiro atoms. The Kier molecular flexibility index (Phi) is 6.31. The molecule has 0 fully saturated rings. The van der Waals surface area contributed by atoms with E-state index in [4.69, 9.17) is 0 Å². The van der Waals surface area contributed by atoms with Crippen molar-refractivity contribution in [3.63, 3.8) is 0 Å². The molecule has 0 bridgehead atoms. The highest BCUT2D eigenvalue weighted by Gasteiger charge is 2.06. The number of aryl methyl sites for hydroxylation is 5. The second-order valence-corrected chi connectivity index (χ2v) is 6.98. The second-order valence-electron chi connectivity index (χ2n) is 6.98. The zero-order valence-electron chi connectivity index (χ0n) is 17.6.